The third kappa shape index (κ3) is 4.92. The standard InChI is InChI=1S/C9H17N3OS2/c1-4-10-8(5-13-3)6-14-9-11-7(2)12-15-9/h8,10H,4-6H2,1-3H3. The molecule has 0 radical (unpaired) electrons. The SMILES string of the molecule is CCNC(COC)CSc1nc(C)ns1. The molecule has 1 aromatic heterocycles. The topological polar surface area (TPSA) is 47.0 Å². The normalized spacial score (nSPS) is 13.0. The van der Waals surface area contributed by atoms with Crippen LogP contribution in [0.25, 0.3) is 0 Å². The molecule has 1 aromatic rings. The van der Waals surface area contributed by atoms with Crippen molar-refractivity contribution in [2.24, 2.45) is 0 Å². The van der Waals surface area contributed by atoms with Crippen LogP contribution in [0.1, 0.15) is 12.7 Å². The van der Waals surface area contributed by atoms with E-state index in [1.807, 2.05) is 6.92 Å². The van der Waals surface area contributed by atoms with Gasteiger partial charge in [0.05, 0.1) is 6.61 Å². The third-order valence-electron chi connectivity index (χ3n) is 1.78. The highest BCUT2D eigenvalue weighted by atomic mass is 32.2. The second kappa shape index (κ2) is 7.16. The first-order valence-corrected chi connectivity index (χ1v) is 6.67. The Morgan fingerprint density at radius 2 is 2.40 bits per heavy atom. The Kier molecular flexibility index (Phi) is 6.16. The maximum atomic E-state index is 5.14. The molecule has 0 saturated heterocycles. The maximum absolute atomic E-state index is 5.14. The van der Waals surface area contributed by atoms with E-state index in [1.54, 1.807) is 18.9 Å². The molecule has 0 spiro atoms. The molecule has 1 atom stereocenters. The Bertz CT molecular complexity index is 274. The van der Waals surface area contributed by atoms with Crippen LogP contribution in [0.4, 0.5) is 0 Å². The summed E-state index contributed by atoms with van der Waals surface area (Å²) in [6.45, 7) is 5.71. The van der Waals surface area contributed by atoms with Gasteiger partial charge in [-0.15, -0.1) is 0 Å². The van der Waals surface area contributed by atoms with Crippen molar-refractivity contribution in [2.45, 2.75) is 24.2 Å². The minimum atomic E-state index is 0.384. The van der Waals surface area contributed by atoms with Crippen LogP contribution in [0.15, 0.2) is 4.34 Å². The molecule has 0 bridgehead atoms. The van der Waals surface area contributed by atoms with Crippen molar-refractivity contribution in [3.8, 4) is 0 Å². The largest absolute Gasteiger partial charge is 0.383 e. The van der Waals surface area contributed by atoms with Crippen molar-refractivity contribution in [1.82, 2.24) is 14.7 Å². The van der Waals surface area contributed by atoms with Gasteiger partial charge in [-0.05, 0) is 25.0 Å². The van der Waals surface area contributed by atoms with Crippen LogP contribution in [0.5, 0.6) is 0 Å². The molecular formula is C9H17N3OS2. The van der Waals surface area contributed by atoms with Crippen molar-refractivity contribution in [3.05, 3.63) is 5.82 Å². The lowest BCUT2D eigenvalue weighted by atomic mass is 10.3. The molecule has 1 N–H and O–H groups in total. The molecule has 0 aliphatic carbocycles. The van der Waals surface area contributed by atoms with Gasteiger partial charge in [0.1, 0.15) is 5.82 Å². The van der Waals surface area contributed by atoms with Gasteiger partial charge >= 0.3 is 0 Å². The summed E-state index contributed by atoms with van der Waals surface area (Å²) in [6, 6.07) is 0.384. The van der Waals surface area contributed by atoms with Gasteiger partial charge in [0.15, 0.2) is 4.34 Å². The fourth-order valence-corrected chi connectivity index (χ4v) is 2.87. The van der Waals surface area contributed by atoms with Crippen LogP contribution < -0.4 is 5.32 Å². The average molecular weight is 247 g/mol. The number of aromatic nitrogens is 2. The lowest BCUT2D eigenvalue weighted by Gasteiger charge is -2.15. The van der Waals surface area contributed by atoms with E-state index >= 15 is 0 Å². The molecule has 0 aromatic carbocycles. The van der Waals surface area contributed by atoms with Gasteiger partial charge in [0.2, 0.25) is 0 Å². The Morgan fingerprint density at radius 1 is 1.60 bits per heavy atom. The summed E-state index contributed by atoms with van der Waals surface area (Å²) < 4.78 is 10.3. The minimum absolute atomic E-state index is 0.384. The molecule has 0 fully saturated rings. The smallest absolute Gasteiger partial charge is 0.170 e. The number of thioether (sulfide) groups is 1. The number of ether oxygens (including phenoxy) is 1. The lowest BCUT2D eigenvalue weighted by molar-refractivity contribution is 0.174. The van der Waals surface area contributed by atoms with Gasteiger partial charge in [-0.2, -0.15) is 4.37 Å². The van der Waals surface area contributed by atoms with E-state index in [-0.39, 0.29) is 0 Å². The van der Waals surface area contributed by atoms with Crippen molar-refractivity contribution in [1.29, 1.82) is 0 Å². The van der Waals surface area contributed by atoms with E-state index < -0.39 is 0 Å². The number of nitrogens with one attached hydrogen (secondary N) is 1. The number of hydrogen-bond donors (Lipinski definition) is 1. The highest BCUT2D eigenvalue weighted by Gasteiger charge is 2.09. The molecule has 6 heteroatoms. The fourth-order valence-electron chi connectivity index (χ4n) is 1.16. The zero-order chi connectivity index (χ0) is 11.1. The lowest BCUT2D eigenvalue weighted by Crippen LogP contribution is -2.35. The van der Waals surface area contributed by atoms with E-state index in [9.17, 15) is 0 Å². The van der Waals surface area contributed by atoms with E-state index in [0.717, 1.165) is 29.1 Å². The van der Waals surface area contributed by atoms with Gasteiger partial charge in [-0.3, -0.25) is 0 Å². The van der Waals surface area contributed by atoms with E-state index in [1.165, 1.54) is 11.5 Å². The molecule has 86 valence electrons. The number of likely N-dealkylation sites (N-methyl/N-ethyl adjacent to an activating group) is 1. The molecule has 0 aliphatic rings. The van der Waals surface area contributed by atoms with Gasteiger partial charge in [-0.25, -0.2) is 4.98 Å². The minimum Gasteiger partial charge on any atom is -0.383 e. The Balaban J connectivity index is 2.32. The van der Waals surface area contributed by atoms with Crippen LogP contribution >= 0.6 is 23.3 Å². The van der Waals surface area contributed by atoms with Crippen LogP contribution in [0, 0.1) is 6.92 Å². The number of nitrogens with zero attached hydrogens (tertiary/aromatic N) is 2. The molecule has 1 heterocycles. The third-order valence-corrected chi connectivity index (χ3v) is 3.86. The van der Waals surface area contributed by atoms with Gasteiger partial charge in [-0.1, -0.05) is 18.7 Å². The number of rotatable bonds is 7. The predicted octanol–water partition coefficient (Wildman–Crippen LogP) is 1.56. The molecule has 15 heavy (non-hydrogen) atoms. The summed E-state index contributed by atoms with van der Waals surface area (Å²) in [5, 5.41) is 3.37. The summed E-state index contributed by atoms with van der Waals surface area (Å²) in [4.78, 5) is 4.30. The van der Waals surface area contributed by atoms with E-state index in [0.29, 0.717) is 6.04 Å². The second-order valence-electron chi connectivity index (χ2n) is 3.13. The van der Waals surface area contributed by atoms with E-state index in [4.69, 9.17) is 4.74 Å². The van der Waals surface area contributed by atoms with Crippen molar-refractivity contribution in [2.75, 3.05) is 26.0 Å². The number of aryl methyl sites for hydroxylation is 1. The van der Waals surface area contributed by atoms with Crippen molar-refractivity contribution in [3.63, 3.8) is 0 Å². The van der Waals surface area contributed by atoms with Crippen LogP contribution in [-0.4, -0.2) is 41.4 Å². The summed E-state index contributed by atoms with van der Waals surface area (Å²) in [5.41, 5.74) is 0. The van der Waals surface area contributed by atoms with Crippen molar-refractivity contribution < 1.29 is 4.74 Å². The molecule has 0 amide bonds. The first-order chi connectivity index (χ1) is 7.26. The quantitative estimate of drug-likeness (QED) is 0.741. The Morgan fingerprint density at radius 3 is 2.93 bits per heavy atom. The first kappa shape index (κ1) is 12.9. The maximum Gasteiger partial charge on any atom is 0.170 e. The van der Waals surface area contributed by atoms with E-state index in [2.05, 4.69) is 21.6 Å². The average Bonchev–Trinajstić information content (AvgIpc) is 2.61. The monoisotopic (exact) mass is 247 g/mol. The second-order valence-corrected chi connectivity index (χ2v) is 5.15. The number of methoxy groups -OCH3 is 1. The van der Waals surface area contributed by atoms with Gasteiger partial charge in [0, 0.05) is 18.9 Å². The van der Waals surface area contributed by atoms with Crippen LogP contribution in [-0.2, 0) is 4.74 Å². The zero-order valence-electron chi connectivity index (χ0n) is 9.32. The van der Waals surface area contributed by atoms with Gasteiger partial charge in [0.25, 0.3) is 0 Å². The molecule has 4 nitrogen and oxygen atoms in total. The zero-order valence-corrected chi connectivity index (χ0v) is 11.0. The summed E-state index contributed by atoms with van der Waals surface area (Å²) in [5.74, 6) is 1.82. The molecule has 1 rings (SSSR count). The molecular weight excluding hydrogens is 230 g/mol. The fraction of sp³-hybridized carbons (Fsp3) is 0.778. The highest BCUT2D eigenvalue weighted by molar-refractivity contribution is 8.00. The van der Waals surface area contributed by atoms with Crippen LogP contribution in [0.3, 0.4) is 0 Å². The Hall–Kier alpha value is -0.170. The number of hydrogen-bond acceptors (Lipinski definition) is 6. The van der Waals surface area contributed by atoms with Crippen LogP contribution in [0.2, 0.25) is 0 Å². The summed E-state index contributed by atoms with van der Waals surface area (Å²) in [6.07, 6.45) is 0. The first-order valence-electron chi connectivity index (χ1n) is 4.91. The van der Waals surface area contributed by atoms with Gasteiger partial charge < -0.3 is 10.1 Å². The highest BCUT2D eigenvalue weighted by Crippen LogP contribution is 2.20. The molecule has 0 saturated carbocycles. The Labute approximate surface area is 99.0 Å². The predicted molar refractivity (Wildman–Crippen MR) is 64.7 cm³/mol. The summed E-state index contributed by atoms with van der Waals surface area (Å²) in [7, 11) is 1.73. The molecule has 1 unspecified atom stereocenters. The molecule has 0 aliphatic heterocycles. The summed E-state index contributed by atoms with van der Waals surface area (Å²) >= 11 is 3.19. The van der Waals surface area contributed by atoms with Crippen molar-refractivity contribution >= 4 is 23.3 Å².